The summed E-state index contributed by atoms with van der Waals surface area (Å²) >= 11 is 0. The SMILES string of the molecule is Cc1ccc2cc(C)c(C(=O)O)cc2c1. The predicted octanol–water partition coefficient (Wildman–Crippen LogP) is 3.15. The largest absolute Gasteiger partial charge is 0.478 e. The van der Waals surface area contributed by atoms with Crippen LogP contribution >= 0.6 is 0 Å². The highest BCUT2D eigenvalue weighted by atomic mass is 16.4. The van der Waals surface area contributed by atoms with Gasteiger partial charge in [-0.1, -0.05) is 29.8 Å². The van der Waals surface area contributed by atoms with Crippen LogP contribution in [0.2, 0.25) is 0 Å². The van der Waals surface area contributed by atoms with E-state index >= 15 is 0 Å². The molecule has 0 bridgehead atoms. The molecule has 1 N–H and O–H groups in total. The van der Waals surface area contributed by atoms with Crippen LogP contribution in [-0.2, 0) is 0 Å². The molecule has 2 aromatic carbocycles. The van der Waals surface area contributed by atoms with Crippen LogP contribution in [0.25, 0.3) is 10.8 Å². The number of aromatic carboxylic acids is 1. The van der Waals surface area contributed by atoms with Crippen LogP contribution in [0.4, 0.5) is 0 Å². The highest BCUT2D eigenvalue weighted by Crippen LogP contribution is 2.20. The van der Waals surface area contributed by atoms with E-state index in [2.05, 4.69) is 0 Å². The molecule has 2 aromatic rings. The third kappa shape index (κ3) is 1.71. The molecular formula is C13H12O2. The fraction of sp³-hybridized carbons (Fsp3) is 0.154. The number of hydrogen-bond donors (Lipinski definition) is 1. The van der Waals surface area contributed by atoms with Crippen LogP contribution in [0, 0.1) is 13.8 Å². The van der Waals surface area contributed by atoms with Gasteiger partial charge in [-0.3, -0.25) is 0 Å². The Morgan fingerprint density at radius 1 is 1.07 bits per heavy atom. The molecule has 0 radical (unpaired) electrons. The minimum absolute atomic E-state index is 0.383. The number of carbonyl (C=O) groups is 1. The molecule has 2 nitrogen and oxygen atoms in total. The molecule has 0 saturated carbocycles. The van der Waals surface area contributed by atoms with Crippen molar-refractivity contribution in [3.05, 3.63) is 47.0 Å². The number of carboxylic acids is 1. The van der Waals surface area contributed by atoms with Gasteiger partial charge in [-0.05, 0) is 36.2 Å². The first-order chi connectivity index (χ1) is 7.08. The van der Waals surface area contributed by atoms with E-state index in [0.29, 0.717) is 5.56 Å². The van der Waals surface area contributed by atoms with E-state index in [0.717, 1.165) is 21.9 Å². The lowest BCUT2D eigenvalue weighted by atomic mass is 10.0. The Morgan fingerprint density at radius 2 is 1.80 bits per heavy atom. The Labute approximate surface area is 88.2 Å². The standard InChI is InChI=1S/C13H12O2/c1-8-3-4-10-6-9(2)12(13(14)15)7-11(10)5-8/h3-7H,1-2H3,(H,14,15). The van der Waals surface area contributed by atoms with Crippen molar-refractivity contribution in [3.63, 3.8) is 0 Å². The lowest BCUT2D eigenvalue weighted by molar-refractivity contribution is 0.0696. The summed E-state index contributed by atoms with van der Waals surface area (Å²) in [5.74, 6) is -0.865. The molecule has 2 heteroatoms. The van der Waals surface area contributed by atoms with Crippen molar-refractivity contribution < 1.29 is 9.90 Å². The number of hydrogen-bond acceptors (Lipinski definition) is 1. The second-order valence-electron chi connectivity index (χ2n) is 3.82. The summed E-state index contributed by atoms with van der Waals surface area (Å²) in [4.78, 5) is 11.0. The van der Waals surface area contributed by atoms with Gasteiger partial charge in [-0.2, -0.15) is 0 Å². The predicted molar refractivity (Wildman–Crippen MR) is 60.4 cm³/mol. The maximum atomic E-state index is 11.0. The van der Waals surface area contributed by atoms with Crippen LogP contribution in [0.3, 0.4) is 0 Å². The van der Waals surface area contributed by atoms with Gasteiger partial charge >= 0.3 is 5.97 Å². The van der Waals surface area contributed by atoms with Crippen molar-refractivity contribution >= 4 is 16.7 Å². The van der Waals surface area contributed by atoms with Gasteiger partial charge in [0.2, 0.25) is 0 Å². The Hall–Kier alpha value is -1.83. The quantitative estimate of drug-likeness (QED) is 0.767. The van der Waals surface area contributed by atoms with E-state index in [1.54, 1.807) is 6.07 Å². The van der Waals surface area contributed by atoms with E-state index in [1.165, 1.54) is 0 Å². The Bertz CT molecular complexity index is 541. The monoisotopic (exact) mass is 200 g/mol. The third-order valence-electron chi connectivity index (χ3n) is 2.57. The Balaban J connectivity index is 2.77. The van der Waals surface area contributed by atoms with E-state index in [9.17, 15) is 4.79 Å². The highest BCUT2D eigenvalue weighted by molar-refractivity contribution is 5.96. The number of carboxylic acid groups (broad SMARTS) is 1. The molecule has 0 saturated heterocycles. The third-order valence-corrected chi connectivity index (χ3v) is 2.57. The molecular weight excluding hydrogens is 188 g/mol. The van der Waals surface area contributed by atoms with Crippen LogP contribution in [0.1, 0.15) is 21.5 Å². The topological polar surface area (TPSA) is 37.3 Å². The summed E-state index contributed by atoms with van der Waals surface area (Å²) in [6, 6.07) is 9.70. The zero-order valence-corrected chi connectivity index (χ0v) is 8.74. The Kier molecular flexibility index (Phi) is 2.19. The molecule has 0 aliphatic carbocycles. The first-order valence-corrected chi connectivity index (χ1v) is 4.82. The molecule has 0 aliphatic heterocycles. The van der Waals surface area contributed by atoms with Gasteiger partial charge in [0.15, 0.2) is 0 Å². The maximum absolute atomic E-state index is 11.0. The molecule has 0 spiro atoms. The number of benzene rings is 2. The van der Waals surface area contributed by atoms with Crippen molar-refractivity contribution in [1.82, 2.24) is 0 Å². The van der Waals surface area contributed by atoms with Gasteiger partial charge in [0.25, 0.3) is 0 Å². The molecule has 0 aromatic heterocycles. The fourth-order valence-electron chi connectivity index (χ4n) is 1.76. The zero-order valence-electron chi connectivity index (χ0n) is 8.74. The molecule has 0 unspecified atom stereocenters. The summed E-state index contributed by atoms with van der Waals surface area (Å²) in [5, 5.41) is 11.1. The summed E-state index contributed by atoms with van der Waals surface area (Å²) in [6.07, 6.45) is 0. The molecule has 15 heavy (non-hydrogen) atoms. The van der Waals surface area contributed by atoms with Crippen molar-refractivity contribution in [2.24, 2.45) is 0 Å². The van der Waals surface area contributed by atoms with E-state index in [4.69, 9.17) is 5.11 Å². The van der Waals surface area contributed by atoms with Gasteiger partial charge in [-0.15, -0.1) is 0 Å². The normalized spacial score (nSPS) is 10.5. The summed E-state index contributed by atoms with van der Waals surface area (Å²) in [7, 11) is 0. The average Bonchev–Trinajstić information content (AvgIpc) is 2.17. The average molecular weight is 200 g/mol. The molecule has 76 valence electrons. The lowest BCUT2D eigenvalue weighted by Gasteiger charge is -2.05. The van der Waals surface area contributed by atoms with Crippen LogP contribution in [0.5, 0.6) is 0 Å². The van der Waals surface area contributed by atoms with E-state index in [1.807, 2.05) is 38.1 Å². The maximum Gasteiger partial charge on any atom is 0.335 e. The molecule has 0 amide bonds. The van der Waals surface area contributed by atoms with Crippen LogP contribution in [-0.4, -0.2) is 11.1 Å². The van der Waals surface area contributed by atoms with E-state index in [-0.39, 0.29) is 0 Å². The molecule has 0 fully saturated rings. The van der Waals surface area contributed by atoms with Gasteiger partial charge < -0.3 is 5.11 Å². The number of rotatable bonds is 1. The van der Waals surface area contributed by atoms with Crippen molar-refractivity contribution in [1.29, 1.82) is 0 Å². The zero-order chi connectivity index (χ0) is 11.0. The first kappa shape index (κ1) is 9.71. The Morgan fingerprint density at radius 3 is 2.47 bits per heavy atom. The van der Waals surface area contributed by atoms with Crippen molar-refractivity contribution in [2.45, 2.75) is 13.8 Å². The van der Waals surface area contributed by atoms with Gasteiger partial charge in [0.05, 0.1) is 5.56 Å². The molecule has 0 atom stereocenters. The minimum atomic E-state index is -0.865. The van der Waals surface area contributed by atoms with Gasteiger partial charge in [0, 0.05) is 0 Å². The van der Waals surface area contributed by atoms with Crippen LogP contribution < -0.4 is 0 Å². The van der Waals surface area contributed by atoms with Crippen LogP contribution in [0.15, 0.2) is 30.3 Å². The van der Waals surface area contributed by atoms with Gasteiger partial charge in [-0.25, -0.2) is 4.79 Å². The minimum Gasteiger partial charge on any atom is -0.478 e. The summed E-state index contributed by atoms with van der Waals surface area (Å²) < 4.78 is 0. The molecule has 0 aliphatic rings. The molecule has 2 rings (SSSR count). The first-order valence-electron chi connectivity index (χ1n) is 4.82. The fourth-order valence-corrected chi connectivity index (χ4v) is 1.76. The number of aryl methyl sites for hydroxylation is 2. The number of fused-ring (bicyclic) bond motifs is 1. The lowest BCUT2D eigenvalue weighted by Crippen LogP contribution is -1.99. The molecule has 0 heterocycles. The van der Waals surface area contributed by atoms with E-state index < -0.39 is 5.97 Å². The smallest absolute Gasteiger partial charge is 0.335 e. The van der Waals surface area contributed by atoms with Crippen molar-refractivity contribution in [2.75, 3.05) is 0 Å². The van der Waals surface area contributed by atoms with Gasteiger partial charge in [0.1, 0.15) is 0 Å². The second-order valence-corrected chi connectivity index (χ2v) is 3.82. The second kappa shape index (κ2) is 3.39. The highest BCUT2D eigenvalue weighted by Gasteiger charge is 2.07. The summed E-state index contributed by atoms with van der Waals surface area (Å²) in [5.41, 5.74) is 2.33. The summed E-state index contributed by atoms with van der Waals surface area (Å²) in [6.45, 7) is 3.82. The van der Waals surface area contributed by atoms with Crippen molar-refractivity contribution in [3.8, 4) is 0 Å².